The molecule has 11 atom stereocenters. The first kappa shape index (κ1) is 37.3. The number of hydrogen-bond acceptors (Lipinski definition) is 7. The lowest BCUT2D eigenvalue weighted by atomic mass is 9.77. The van der Waals surface area contributed by atoms with E-state index in [1.54, 1.807) is 6.08 Å². The molecule has 0 radical (unpaired) electrons. The van der Waals surface area contributed by atoms with Crippen molar-refractivity contribution in [1.29, 1.82) is 0 Å². The molecule has 0 aromatic rings. The number of fused-ring (bicyclic) bond motifs is 1. The molecule has 1 aliphatic carbocycles. The highest BCUT2D eigenvalue weighted by Crippen LogP contribution is 2.51. The molecule has 0 N–H and O–H groups in total. The lowest BCUT2D eigenvalue weighted by molar-refractivity contribution is -0.279. The van der Waals surface area contributed by atoms with Crippen LogP contribution in [-0.2, 0) is 33.2 Å². The van der Waals surface area contributed by atoms with E-state index < -0.39 is 66.6 Å². The summed E-state index contributed by atoms with van der Waals surface area (Å²) in [6.45, 7) is 4.12. The van der Waals surface area contributed by atoms with Gasteiger partial charge in [-0.15, -0.1) is 0 Å². The predicted molar refractivity (Wildman–Crippen MR) is 169 cm³/mol. The maximum atomic E-state index is 16.4. The van der Waals surface area contributed by atoms with Crippen molar-refractivity contribution in [3.05, 3.63) is 12.2 Å². The molecule has 7 nitrogen and oxygen atoms in total. The molecule has 0 aromatic heterocycles. The van der Waals surface area contributed by atoms with Gasteiger partial charge in [0.25, 0.3) is 0 Å². The van der Waals surface area contributed by atoms with E-state index in [0.717, 1.165) is 32.1 Å². The quantitative estimate of drug-likeness (QED) is 0.0551. The number of halogens is 5. The molecule has 4 aliphatic rings. The average Bonchev–Trinajstić information content (AvgIpc) is 3.53. The fourth-order valence-electron chi connectivity index (χ4n) is 7.11. The Hall–Kier alpha value is -0.540. The maximum Gasteiger partial charge on any atom is 0.397 e. The van der Waals surface area contributed by atoms with E-state index in [4.69, 9.17) is 28.4 Å². The molecule has 12 heteroatoms. The summed E-state index contributed by atoms with van der Waals surface area (Å²) in [7, 11) is 1.34. The van der Waals surface area contributed by atoms with Gasteiger partial charge in [0, 0.05) is 41.8 Å². The standard InChI is InChI=1S/C33H51F4IO7/c1-4-5-17-32(2,33(35,36)37)25(45-28-14-7-9-19-42-28)16-15-21-23(43-27-13-6-8-18-41-27)20-24-29(21)30(34)31(44-24)22(38)11-10-12-26(39)40-3/h15-16,21-25,27-31H,4-14,17-20H2,1-3H3/b16-15+/t21-,22?,23+,24+,25+,27?,28?,29+,30?,31-,32?/m0/s1. The SMILES string of the molecule is CCCCC(C)([C@@H](/C=C/[C@@H]1[C@H]2C(F)[C@H](C(I)CCCC(=O)OC)O[C@@H]2C[C@H]1OC1CCCCO1)OC1CCCCO1)C(F)(F)F. The number of unbranched alkanes of at least 4 members (excludes halogenated alkanes) is 1. The first-order valence-corrected chi connectivity index (χ1v) is 18.0. The number of alkyl halides is 5. The van der Waals surface area contributed by atoms with Gasteiger partial charge in [0.2, 0.25) is 0 Å². The van der Waals surface area contributed by atoms with Gasteiger partial charge in [-0.05, 0) is 64.7 Å². The smallest absolute Gasteiger partial charge is 0.397 e. The number of ether oxygens (including phenoxy) is 6. The molecule has 0 spiro atoms. The minimum absolute atomic E-state index is 0.0969. The van der Waals surface area contributed by atoms with Crippen LogP contribution < -0.4 is 0 Å². The summed E-state index contributed by atoms with van der Waals surface area (Å²) < 4.78 is 95.7. The number of rotatable bonds is 15. The molecular weight excluding hydrogens is 711 g/mol. The molecule has 45 heavy (non-hydrogen) atoms. The van der Waals surface area contributed by atoms with Crippen molar-refractivity contribution in [3.8, 4) is 0 Å². The van der Waals surface area contributed by atoms with Gasteiger partial charge in [0.05, 0.1) is 30.8 Å². The minimum atomic E-state index is -4.53. The van der Waals surface area contributed by atoms with E-state index in [9.17, 15) is 18.0 Å². The second-order valence-electron chi connectivity index (χ2n) is 13.2. The lowest BCUT2D eigenvalue weighted by Gasteiger charge is -2.40. The van der Waals surface area contributed by atoms with E-state index in [0.29, 0.717) is 51.7 Å². The van der Waals surface area contributed by atoms with E-state index >= 15 is 4.39 Å². The molecule has 1 saturated carbocycles. The van der Waals surface area contributed by atoms with Crippen molar-refractivity contribution < 1.29 is 50.8 Å². The Morgan fingerprint density at radius 1 is 1.07 bits per heavy atom. The van der Waals surface area contributed by atoms with Crippen molar-refractivity contribution in [2.75, 3.05) is 20.3 Å². The van der Waals surface area contributed by atoms with E-state index in [1.807, 2.05) is 6.92 Å². The second kappa shape index (κ2) is 17.2. The third-order valence-electron chi connectivity index (χ3n) is 9.96. The zero-order chi connectivity index (χ0) is 32.6. The van der Waals surface area contributed by atoms with Gasteiger partial charge < -0.3 is 28.4 Å². The highest BCUT2D eigenvalue weighted by Gasteiger charge is 2.58. The summed E-state index contributed by atoms with van der Waals surface area (Å²) in [5.41, 5.74) is -2.15. The van der Waals surface area contributed by atoms with Gasteiger partial charge in [-0.2, -0.15) is 13.2 Å². The minimum Gasteiger partial charge on any atom is -0.469 e. The second-order valence-corrected chi connectivity index (χ2v) is 14.8. The molecular formula is C33H51F4IO7. The topological polar surface area (TPSA) is 72.5 Å². The average molecular weight is 763 g/mol. The Balaban J connectivity index is 1.59. The molecule has 3 heterocycles. The number of esters is 1. The third-order valence-corrected chi connectivity index (χ3v) is 11.3. The van der Waals surface area contributed by atoms with Crippen LogP contribution in [0.5, 0.6) is 0 Å². The van der Waals surface area contributed by atoms with E-state index in [-0.39, 0.29) is 22.7 Å². The van der Waals surface area contributed by atoms with Crippen LogP contribution in [0.1, 0.15) is 97.3 Å². The van der Waals surface area contributed by atoms with Crippen molar-refractivity contribution in [2.24, 2.45) is 17.3 Å². The third kappa shape index (κ3) is 9.55. The van der Waals surface area contributed by atoms with Crippen LogP contribution in [-0.4, -0.2) is 79.6 Å². The maximum absolute atomic E-state index is 16.4. The Morgan fingerprint density at radius 3 is 2.36 bits per heavy atom. The zero-order valence-electron chi connectivity index (χ0n) is 26.8. The molecule has 4 rings (SSSR count). The normalized spacial score (nSPS) is 35.2. The molecule has 0 aromatic carbocycles. The highest BCUT2D eigenvalue weighted by atomic mass is 127. The predicted octanol–water partition coefficient (Wildman–Crippen LogP) is 8.01. The van der Waals surface area contributed by atoms with Crippen molar-refractivity contribution in [3.63, 3.8) is 0 Å². The molecule has 4 fully saturated rings. The van der Waals surface area contributed by atoms with Gasteiger partial charge >= 0.3 is 12.1 Å². The molecule has 3 saturated heterocycles. The van der Waals surface area contributed by atoms with Crippen LogP contribution in [0, 0.1) is 17.3 Å². The number of carbonyl (C=O) groups is 1. The van der Waals surface area contributed by atoms with Gasteiger partial charge in [-0.3, -0.25) is 4.79 Å². The van der Waals surface area contributed by atoms with Crippen molar-refractivity contribution in [1.82, 2.24) is 0 Å². The largest absolute Gasteiger partial charge is 0.469 e. The molecule has 0 bridgehead atoms. The van der Waals surface area contributed by atoms with E-state index in [2.05, 4.69) is 22.6 Å². The van der Waals surface area contributed by atoms with Crippen LogP contribution in [0.25, 0.3) is 0 Å². The molecule has 5 unspecified atom stereocenters. The zero-order valence-corrected chi connectivity index (χ0v) is 28.9. The Labute approximate surface area is 278 Å². The number of methoxy groups -OCH3 is 1. The van der Waals surface area contributed by atoms with Crippen LogP contribution in [0.2, 0.25) is 0 Å². The van der Waals surface area contributed by atoms with Gasteiger partial charge in [-0.25, -0.2) is 4.39 Å². The van der Waals surface area contributed by atoms with Crippen molar-refractivity contribution in [2.45, 2.75) is 151 Å². The summed E-state index contributed by atoms with van der Waals surface area (Å²) >= 11 is 2.18. The summed E-state index contributed by atoms with van der Waals surface area (Å²) in [5.74, 6) is -1.42. The number of carbonyl (C=O) groups excluding carboxylic acids is 1. The van der Waals surface area contributed by atoms with Crippen molar-refractivity contribution >= 4 is 28.6 Å². The number of hydrogen-bond donors (Lipinski definition) is 0. The van der Waals surface area contributed by atoms with E-state index in [1.165, 1.54) is 20.1 Å². The Bertz CT molecular complexity index is 943. The first-order chi connectivity index (χ1) is 21.5. The van der Waals surface area contributed by atoms with Crippen LogP contribution >= 0.6 is 22.6 Å². The summed E-state index contributed by atoms with van der Waals surface area (Å²) in [6.07, 6.45) is 0.779. The summed E-state index contributed by atoms with van der Waals surface area (Å²) in [6, 6.07) is 0. The molecule has 0 amide bonds. The lowest BCUT2D eigenvalue weighted by Crippen LogP contribution is -2.48. The fraction of sp³-hybridized carbons (Fsp3) is 0.909. The Morgan fingerprint density at radius 2 is 1.76 bits per heavy atom. The highest BCUT2D eigenvalue weighted by molar-refractivity contribution is 14.1. The Kier molecular flexibility index (Phi) is 14.3. The monoisotopic (exact) mass is 762 g/mol. The first-order valence-electron chi connectivity index (χ1n) is 16.8. The van der Waals surface area contributed by atoms with Gasteiger partial charge in [0.15, 0.2) is 12.6 Å². The summed E-state index contributed by atoms with van der Waals surface area (Å²) in [5, 5.41) is 0. The van der Waals surface area contributed by atoms with Crippen LogP contribution in [0.15, 0.2) is 12.2 Å². The van der Waals surface area contributed by atoms with Gasteiger partial charge in [0.1, 0.15) is 12.3 Å². The molecule has 260 valence electrons. The fourth-order valence-corrected chi connectivity index (χ4v) is 8.12. The van der Waals surface area contributed by atoms with Gasteiger partial charge in [-0.1, -0.05) is 54.5 Å². The van der Waals surface area contributed by atoms with Crippen LogP contribution in [0.4, 0.5) is 17.6 Å². The van der Waals surface area contributed by atoms with Crippen LogP contribution in [0.3, 0.4) is 0 Å². The summed E-state index contributed by atoms with van der Waals surface area (Å²) in [4.78, 5) is 11.6. The molecule has 3 aliphatic heterocycles.